The first kappa shape index (κ1) is 9.31. The van der Waals surface area contributed by atoms with Crippen LogP contribution in [0.5, 0.6) is 5.75 Å². The lowest BCUT2D eigenvalue weighted by atomic mass is 10.2. The number of hydrogen-bond donors (Lipinski definition) is 1. The van der Waals surface area contributed by atoms with Crippen molar-refractivity contribution in [2.45, 2.75) is 0 Å². The summed E-state index contributed by atoms with van der Waals surface area (Å²) in [6.45, 7) is 0. The van der Waals surface area contributed by atoms with Crippen LogP contribution in [0, 0.1) is 0 Å². The first-order valence-corrected chi connectivity index (χ1v) is 4.78. The van der Waals surface area contributed by atoms with Gasteiger partial charge in [0.1, 0.15) is 10.4 Å². The Bertz CT molecular complexity index is 268. The molecule has 0 aliphatic carbocycles. The number of alkyl halides is 1. The maximum absolute atomic E-state index is 11.0. The number of phenolic OH excluding ortho intramolecular Hbond substituents is 1. The highest BCUT2D eigenvalue weighted by atomic mass is 127. The van der Waals surface area contributed by atoms with Crippen LogP contribution in [0.3, 0.4) is 0 Å². The van der Waals surface area contributed by atoms with Gasteiger partial charge in [-0.05, 0) is 46.9 Å². The van der Waals surface area contributed by atoms with E-state index < -0.39 is 0 Å². The van der Waals surface area contributed by atoms with Crippen LogP contribution in [-0.2, 0) is 4.74 Å². The van der Waals surface area contributed by atoms with Crippen molar-refractivity contribution in [2.75, 3.05) is 4.61 Å². The van der Waals surface area contributed by atoms with Crippen molar-refractivity contribution in [1.82, 2.24) is 0 Å². The summed E-state index contributed by atoms with van der Waals surface area (Å²) in [5, 5.41) is 8.91. The second-order valence-corrected chi connectivity index (χ2v) is 2.71. The number of halogens is 1. The second kappa shape index (κ2) is 4.30. The van der Waals surface area contributed by atoms with E-state index in [4.69, 9.17) is 9.84 Å². The highest BCUT2D eigenvalue weighted by molar-refractivity contribution is 14.1. The molecule has 0 bridgehead atoms. The zero-order valence-electron chi connectivity index (χ0n) is 6.16. The molecular formula is C8H7IO3. The van der Waals surface area contributed by atoms with Gasteiger partial charge < -0.3 is 9.84 Å². The summed E-state index contributed by atoms with van der Waals surface area (Å²) in [7, 11) is 0. The average molecular weight is 278 g/mol. The van der Waals surface area contributed by atoms with Crippen LogP contribution in [0.4, 0.5) is 0 Å². The Morgan fingerprint density at radius 2 is 2.00 bits per heavy atom. The van der Waals surface area contributed by atoms with Crippen molar-refractivity contribution in [1.29, 1.82) is 0 Å². The van der Waals surface area contributed by atoms with Gasteiger partial charge in [0, 0.05) is 0 Å². The highest BCUT2D eigenvalue weighted by Gasteiger charge is 2.04. The van der Waals surface area contributed by atoms with Gasteiger partial charge in [0.25, 0.3) is 0 Å². The molecule has 0 atom stereocenters. The van der Waals surface area contributed by atoms with Crippen molar-refractivity contribution in [2.24, 2.45) is 0 Å². The molecule has 1 aromatic rings. The van der Waals surface area contributed by atoms with Crippen molar-refractivity contribution in [3.63, 3.8) is 0 Å². The number of carbonyl (C=O) groups excluding carboxylic acids is 1. The molecule has 1 aromatic carbocycles. The number of benzene rings is 1. The maximum Gasteiger partial charge on any atom is 0.338 e. The van der Waals surface area contributed by atoms with Crippen LogP contribution in [0.2, 0.25) is 0 Å². The quantitative estimate of drug-likeness (QED) is 0.511. The van der Waals surface area contributed by atoms with E-state index in [1.165, 1.54) is 24.3 Å². The molecule has 0 heterocycles. The summed E-state index contributed by atoms with van der Waals surface area (Å²) in [6.07, 6.45) is 0. The van der Waals surface area contributed by atoms with E-state index in [2.05, 4.69) is 0 Å². The van der Waals surface area contributed by atoms with Crippen LogP contribution in [0.25, 0.3) is 0 Å². The lowest BCUT2D eigenvalue weighted by molar-refractivity contribution is 0.0590. The fourth-order valence-electron chi connectivity index (χ4n) is 0.730. The first-order valence-electron chi connectivity index (χ1n) is 3.26. The number of carbonyl (C=O) groups is 1. The van der Waals surface area contributed by atoms with Gasteiger partial charge in [-0.15, -0.1) is 0 Å². The molecule has 4 heteroatoms. The van der Waals surface area contributed by atoms with Crippen molar-refractivity contribution in [3.8, 4) is 5.75 Å². The minimum absolute atomic E-state index is 0.140. The molecular weight excluding hydrogens is 271 g/mol. The Morgan fingerprint density at radius 1 is 1.42 bits per heavy atom. The minimum atomic E-state index is -0.371. The highest BCUT2D eigenvalue weighted by Crippen LogP contribution is 2.10. The molecule has 0 amide bonds. The lowest BCUT2D eigenvalue weighted by Gasteiger charge is -1.99. The van der Waals surface area contributed by atoms with E-state index in [1.807, 2.05) is 22.6 Å². The fraction of sp³-hybridized carbons (Fsp3) is 0.125. The third-order valence-corrected chi connectivity index (χ3v) is 1.60. The maximum atomic E-state index is 11.0. The predicted octanol–water partition coefficient (Wildman–Crippen LogP) is 1.94. The van der Waals surface area contributed by atoms with E-state index in [1.54, 1.807) is 0 Å². The molecule has 0 spiro atoms. The van der Waals surface area contributed by atoms with E-state index >= 15 is 0 Å². The summed E-state index contributed by atoms with van der Waals surface area (Å²) >= 11 is 1.94. The topological polar surface area (TPSA) is 46.5 Å². The number of esters is 1. The Morgan fingerprint density at radius 3 is 2.50 bits per heavy atom. The van der Waals surface area contributed by atoms with E-state index in [0.29, 0.717) is 10.2 Å². The molecule has 0 unspecified atom stereocenters. The van der Waals surface area contributed by atoms with Gasteiger partial charge in [-0.2, -0.15) is 0 Å². The first-order chi connectivity index (χ1) is 5.74. The van der Waals surface area contributed by atoms with Gasteiger partial charge >= 0.3 is 5.97 Å². The molecule has 0 saturated carbocycles. The van der Waals surface area contributed by atoms with Crippen molar-refractivity contribution >= 4 is 28.6 Å². The zero-order valence-corrected chi connectivity index (χ0v) is 8.32. The average Bonchev–Trinajstić information content (AvgIpc) is 2.06. The molecule has 64 valence electrons. The molecule has 1 rings (SSSR count). The smallest absolute Gasteiger partial charge is 0.338 e. The standard InChI is InChI=1S/C8H7IO3/c9-5-12-8(11)6-1-3-7(10)4-2-6/h1-4,10H,5H2. The summed E-state index contributed by atoms with van der Waals surface area (Å²) < 4.78 is 5.06. The lowest BCUT2D eigenvalue weighted by Crippen LogP contribution is -2.02. The molecule has 0 fully saturated rings. The van der Waals surface area contributed by atoms with E-state index in [9.17, 15) is 4.79 Å². The number of aromatic hydroxyl groups is 1. The van der Waals surface area contributed by atoms with Crippen molar-refractivity contribution in [3.05, 3.63) is 29.8 Å². The minimum Gasteiger partial charge on any atom is -0.508 e. The Kier molecular flexibility index (Phi) is 3.33. The molecule has 0 aromatic heterocycles. The summed E-state index contributed by atoms with van der Waals surface area (Å²) in [5.41, 5.74) is 0.449. The molecule has 0 radical (unpaired) electrons. The second-order valence-electron chi connectivity index (χ2n) is 2.09. The SMILES string of the molecule is O=C(OCI)c1ccc(O)cc1. The molecule has 12 heavy (non-hydrogen) atoms. The monoisotopic (exact) mass is 278 g/mol. The number of phenols is 1. The largest absolute Gasteiger partial charge is 0.508 e. The van der Waals surface area contributed by atoms with Crippen LogP contribution in [-0.4, -0.2) is 15.7 Å². The van der Waals surface area contributed by atoms with E-state index in [0.717, 1.165) is 0 Å². The van der Waals surface area contributed by atoms with Gasteiger partial charge in [-0.1, -0.05) is 0 Å². The van der Waals surface area contributed by atoms with Crippen LogP contribution in [0.15, 0.2) is 24.3 Å². The van der Waals surface area contributed by atoms with Gasteiger partial charge in [-0.3, -0.25) is 0 Å². The summed E-state index contributed by atoms with van der Waals surface area (Å²) in [4.78, 5) is 11.0. The van der Waals surface area contributed by atoms with Crippen molar-refractivity contribution < 1.29 is 14.6 Å². The van der Waals surface area contributed by atoms with Crippen LogP contribution in [0.1, 0.15) is 10.4 Å². The summed E-state index contributed by atoms with van der Waals surface area (Å²) in [5.74, 6) is -0.231. The molecule has 0 saturated heterocycles. The molecule has 3 nitrogen and oxygen atoms in total. The third kappa shape index (κ3) is 2.37. The predicted molar refractivity (Wildman–Crippen MR) is 52.4 cm³/mol. The fourth-order valence-corrected chi connectivity index (χ4v) is 1.01. The number of hydrogen-bond acceptors (Lipinski definition) is 3. The van der Waals surface area contributed by atoms with Crippen LogP contribution >= 0.6 is 22.6 Å². The van der Waals surface area contributed by atoms with E-state index in [-0.39, 0.29) is 11.7 Å². The van der Waals surface area contributed by atoms with Gasteiger partial charge in [0.15, 0.2) is 0 Å². The molecule has 0 aliphatic rings. The van der Waals surface area contributed by atoms with Crippen LogP contribution < -0.4 is 0 Å². The zero-order chi connectivity index (χ0) is 8.97. The Labute approximate surface area is 83.5 Å². The van der Waals surface area contributed by atoms with Gasteiger partial charge in [-0.25, -0.2) is 4.79 Å². The normalized spacial score (nSPS) is 9.42. The molecule has 0 aliphatic heterocycles. The number of ether oxygens (including phenoxy) is 1. The van der Waals surface area contributed by atoms with Gasteiger partial charge in [0.05, 0.1) is 5.56 Å². The Hall–Kier alpha value is -0.780. The summed E-state index contributed by atoms with van der Waals surface area (Å²) in [6, 6.07) is 5.93. The third-order valence-electron chi connectivity index (χ3n) is 1.29. The van der Waals surface area contributed by atoms with Gasteiger partial charge in [0.2, 0.25) is 0 Å². The number of rotatable bonds is 2. The Balaban J connectivity index is 2.75. The molecule has 1 N–H and O–H groups in total.